The molecule has 0 aliphatic carbocycles. The molecule has 39 heavy (non-hydrogen) atoms. The van der Waals surface area contributed by atoms with Crippen molar-refractivity contribution in [3.63, 3.8) is 0 Å². The molecular weight excluding hydrogens is 516 g/mol. The highest BCUT2D eigenvalue weighted by molar-refractivity contribution is 6.28. The molecule has 4 rings (SSSR count). The second-order valence-electron chi connectivity index (χ2n) is 10.9. The molecule has 0 spiro atoms. The molecule has 0 unspecified atom stereocenters. The first-order valence-corrected chi connectivity index (χ1v) is 12.9. The summed E-state index contributed by atoms with van der Waals surface area (Å²) < 4.78 is 80.1. The van der Waals surface area contributed by atoms with Crippen molar-refractivity contribution in [3.8, 4) is 11.1 Å². The summed E-state index contributed by atoms with van der Waals surface area (Å²) in [6.45, 7) is 6.35. The van der Waals surface area contributed by atoms with E-state index in [9.17, 15) is 26.3 Å². The van der Waals surface area contributed by atoms with Crippen LogP contribution in [0, 0.1) is 10.8 Å². The standard InChI is InChI=1S/C30H31F6N3/c1-4-5-6-9-28(2,3)21-8-7-19-13-23-25(27(38)39-26(23)37)24(22(19)14-21)20-11-17(15-29(31,32)33)10-18(12-20)16-30(34,35)36/h7-8,10-14H,4-6,9,15-16H2,1-3H3,(H3,37,38,39). The molecular formula is C30H31F6N3. The molecule has 3 aromatic rings. The Morgan fingerprint density at radius 1 is 0.744 bits per heavy atom. The highest BCUT2D eigenvalue weighted by Gasteiger charge is 2.33. The first-order chi connectivity index (χ1) is 18.1. The number of hydrogen-bond acceptors (Lipinski definition) is 2. The Labute approximate surface area is 223 Å². The molecule has 0 atom stereocenters. The minimum Gasteiger partial charge on any atom is -0.325 e. The summed E-state index contributed by atoms with van der Waals surface area (Å²) in [5.74, 6) is -0.151. The van der Waals surface area contributed by atoms with Crippen molar-refractivity contribution in [1.82, 2.24) is 5.32 Å². The van der Waals surface area contributed by atoms with E-state index < -0.39 is 25.2 Å². The van der Waals surface area contributed by atoms with Gasteiger partial charge in [-0.1, -0.05) is 70.4 Å². The van der Waals surface area contributed by atoms with Crippen molar-refractivity contribution in [3.05, 3.63) is 70.3 Å². The summed E-state index contributed by atoms with van der Waals surface area (Å²) in [6.07, 6.45) is -7.90. The average molecular weight is 548 g/mol. The molecule has 0 bridgehead atoms. The zero-order valence-corrected chi connectivity index (χ0v) is 22.1. The maximum absolute atomic E-state index is 13.3. The molecule has 1 aliphatic heterocycles. The summed E-state index contributed by atoms with van der Waals surface area (Å²) in [7, 11) is 0. The number of alkyl halides is 6. The molecule has 0 fully saturated rings. The van der Waals surface area contributed by atoms with Crippen LogP contribution >= 0.6 is 0 Å². The van der Waals surface area contributed by atoms with Crippen LogP contribution in [0.2, 0.25) is 0 Å². The van der Waals surface area contributed by atoms with Gasteiger partial charge in [0.1, 0.15) is 11.7 Å². The average Bonchev–Trinajstić information content (AvgIpc) is 3.07. The van der Waals surface area contributed by atoms with Crippen molar-refractivity contribution < 1.29 is 26.3 Å². The Kier molecular flexibility index (Phi) is 7.58. The third kappa shape index (κ3) is 6.45. The summed E-state index contributed by atoms with van der Waals surface area (Å²) in [5, 5.41) is 20.8. The first kappa shape index (κ1) is 28.6. The van der Waals surface area contributed by atoms with Gasteiger partial charge in [0, 0.05) is 16.7 Å². The molecule has 208 valence electrons. The molecule has 0 radical (unpaired) electrons. The third-order valence-electron chi connectivity index (χ3n) is 7.25. The lowest BCUT2D eigenvalue weighted by molar-refractivity contribution is -0.127. The van der Waals surface area contributed by atoms with Crippen LogP contribution in [0.5, 0.6) is 0 Å². The number of hydrogen-bond donors (Lipinski definition) is 3. The summed E-state index contributed by atoms with van der Waals surface area (Å²) in [6, 6.07) is 11.0. The fourth-order valence-corrected chi connectivity index (χ4v) is 5.36. The molecule has 3 nitrogen and oxygen atoms in total. The van der Waals surface area contributed by atoms with E-state index in [-0.39, 0.29) is 33.8 Å². The fraction of sp³-hybridized carbons (Fsp3) is 0.400. The summed E-state index contributed by atoms with van der Waals surface area (Å²) in [5.41, 5.74) is 1.41. The van der Waals surface area contributed by atoms with E-state index in [2.05, 4.69) is 26.1 Å². The molecule has 0 amide bonds. The molecule has 0 saturated carbocycles. The van der Waals surface area contributed by atoms with Crippen molar-refractivity contribution in [2.75, 3.05) is 0 Å². The van der Waals surface area contributed by atoms with E-state index in [4.69, 9.17) is 10.8 Å². The molecule has 3 aromatic carbocycles. The number of unbranched alkanes of at least 4 members (excludes halogenated alkanes) is 2. The van der Waals surface area contributed by atoms with Gasteiger partial charge in [-0.25, -0.2) is 0 Å². The van der Waals surface area contributed by atoms with Gasteiger partial charge in [0.15, 0.2) is 0 Å². The lowest BCUT2D eigenvalue weighted by Gasteiger charge is -2.26. The molecule has 3 N–H and O–H groups in total. The van der Waals surface area contributed by atoms with E-state index in [0.29, 0.717) is 27.5 Å². The predicted molar refractivity (Wildman–Crippen MR) is 143 cm³/mol. The quantitative estimate of drug-likeness (QED) is 0.192. The number of benzene rings is 3. The highest BCUT2D eigenvalue weighted by atomic mass is 19.4. The Balaban J connectivity index is 2.00. The van der Waals surface area contributed by atoms with E-state index in [1.54, 1.807) is 6.07 Å². The molecule has 1 heterocycles. The third-order valence-corrected chi connectivity index (χ3v) is 7.25. The normalized spacial score (nSPS) is 14.2. The zero-order chi connectivity index (χ0) is 28.8. The fourth-order valence-electron chi connectivity index (χ4n) is 5.36. The van der Waals surface area contributed by atoms with E-state index in [0.717, 1.165) is 37.3 Å². The molecule has 9 heteroatoms. The molecule has 1 aliphatic rings. The Bertz CT molecular complexity index is 1400. The predicted octanol–water partition coefficient (Wildman–Crippen LogP) is 8.83. The van der Waals surface area contributed by atoms with Gasteiger partial charge in [-0.2, -0.15) is 26.3 Å². The van der Waals surface area contributed by atoms with Gasteiger partial charge in [-0.3, -0.25) is 10.8 Å². The largest absolute Gasteiger partial charge is 0.393 e. The number of amidine groups is 2. The Hall–Kier alpha value is -3.36. The Morgan fingerprint density at radius 2 is 1.36 bits per heavy atom. The molecule has 0 saturated heterocycles. The lowest BCUT2D eigenvalue weighted by atomic mass is 9.78. The lowest BCUT2D eigenvalue weighted by Crippen LogP contribution is -2.20. The number of halogens is 6. The van der Waals surface area contributed by atoms with Gasteiger partial charge >= 0.3 is 12.4 Å². The van der Waals surface area contributed by atoms with Crippen LogP contribution in [0.15, 0.2) is 42.5 Å². The van der Waals surface area contributed by atoms with Gasteiger partial charge in [0.05, 0.1) is 12.8 Å². The maximum atomic E-state index is 13.3. The van der Waals surface area contributed by atoms with E-state index >= 15 is 0 Å². The van der Waals surface area contributed by atoms with Gasteiger partial charge in [0.25, 0.3) is 0 Å². The van der Waals surface area contributed by atoms with Crippen LogP contribution in [-0.2, 0) is 18.3 Å². The Morgan fingerprint density at radius 3 is 1.92 bits per heavy atom. The van der Waals surface area contributed by atoms with Crippen LogP contribution in [0.25, 0.3) is 21.9 Å². The van der Waals surface area contributed by atoms with Crippen LogP contribution in [0.3, 0.4) is 0 Å². The SMILES string of the molecule is CCCCCC(C)(C)c1ccc2cc3c(c(-c4cc(CC(F)(F)F)cc(CC(F)(F)F)c4)c2c1)C(=N)NC3=N. The van der Waals surface area contributed by atoms with Gasteiger partial charge in [0.2, 0.25) is 0 Å². The minimum atomic E-state index is -4.61. The summed E-state index contributed by atoms with van der Waals surface area (Å²) in [4.78, 5) is 0. The second-order valence-corrected chi connectivity index (χ2v) is 10.9. The monoisotopic (exact) mass is 547 g/mol. The first-order valence-electron chi connectivity index (χ1n) is 12.9. The van der Waals surface area contributed by atoms with E-state index in [1.165, 1.54) is 12.1 Å². The van der Waals surface area contributed by atoms with Crippen molar-refractivity contribution in [2.24, 2.45) is 0 Å². The van der Waals surface area contributed by atoms with E-state index in [1.807, 2.05) is 18.2 Å². The highest BCUT2D eigenvalue weighted by Crippen LogP contribution is 2.41. The number of rotatable bonds is 8. The number of fused-ring (bicyclic) bond motifs is 2. The molecule has 0 aromatic heterocycles. The van der Waals surface area contributed by atoms with Gasteiger partial charge in [-0.05, 0) is 57.0 Å². The number of nitrogens with one attached hydrogen (secondary N) is 3. The van der Waals surface area contributed by atoms with Crippen molar-refractivity contribution in [1.29, 1.82) is 10.8 Å². The smallest absolute Gasteiger partial charge is 0.325 e. The second kappa shape index (κ2) is 10.3. The topological polar surface area (TPSA) is 59.7 Å². The minimum absolute atomic E-state index is 0.0379. The van der Waals surface area contributed by atoms with Crippen LogP contribution in [0.4, 0.5) is 26.3 Å². The zero-order valence-electron chi connectivity index (χ0n) is 22.1. The summed E-state index contributed by atoms with van der Waals surface area (Å²) >= 11 is 0. The maximum Gasteiger partial charge on any atom is 0.393 e. The van der Waals surface area contributed by atoms with Gasteiger partial charge in [-0.15, -0.1) is 0 Å². The van der Waals surface area contributed by atoms with Crippen LogP contribution in [0.1, 0.15) is 74.3 Å². The van der Waals surface area contributed by atoms with Crippen molar-refractivity contribution in [2.45, 2.75) is 77.1 Å². The van der Waals surface area contributed by atoms with Gasteiger partial charge < -0.3 is 5.32 Å². The van der Waals surface area contributed by atoms with Crippen LogP contribution in [-0.4, -0.2) is 24.0 Å². The van der Waals surface area contributed by atoms with Crippen molar-refractivity contribution >= 4 is 22.4 Å². The van der Waals surface area contributed by atoms with Crippen LogP contribution < -0.4 is 5.32 Å².